The number of aromatic nitrogens is 1. The molecule has 2 heterocycles. The Bertz CT molecular complexity index is 1040. The number of anilines is 1. The molecule has 0 bridgehead atoms. The predicted molar refractivity (Wildman–Crippen MR) is 97.5 cm³/mol. The summed E-state index contributed by atoms with van der Waals surface area (Å²) in [6.45, 7) is 1.79. The van der Waals surface area contributed by atoms with Gasteiger partial charge in [-0.25, -0.2) is 4.98 Å². The number of furan rings is 1. The molecule has 4 aromatic rings. The molecule has 6 heteroatoms. The van der Waals surface area contributed by atoms with Crippen molar-refractivity contribution in [3.8, 4) is 11.5 Å². The van der Waals surface area contributed by atoms with Crippen molar-refractivity contribution >= 4 is 32.6 Å². The van der Waals surface area contributed by atoms with Crippen LogP contribution in [0.1, 0.15) is 16.3 Å². The lowest BCUT2D eigenvalue weighted by Crippen LogP contribution is -2.10. The van der Waals surface area contributed by atoms with E-state index in [0.29, 0.717) is 10.9 Å². The van der Waals surface area contributed by atoms with Gasteiger partial charge in [-0.2, -0.15) is 0 Å². The number of para-hydroxylation sites is 1. The van der Waals surface area contributed by atoms with Crippen LogP contribution in [-0.2, 0) is 0 Å². The number of aryl methyl sites for hydroxylation is 1. The van der Waals surface area contributed by atoms with Gasteiger partial charge in [0, 0.05) is 6.07 Å². The molecule has 4 rings (SSSR count). The normalized spacial score (nSPS) is 10.8. The molecule has 25 heavy (non-hydrogen) atoms. The van der Waals surface area contributed by atoms with E-state index in [9.17, 15) is 4.79 Å². The summed E-state index contributed by atoms with van der Waals surface area (Å²) in [6, 6.07) is 18.6. The maximum atomic E-state index is 12.1. The number of thiazole rings is 1. The molecular formula is C19H14N2O3S. The minimum atomic E-state index is -0.312. The first-order valence-corrected chi connectivity index (χ1v) is 8.50. The summed E-state index contributed by atoms with van der Waals surface area (Å²) in [4.78, 5) is 16.6. The third-order valence-electron chi connectivity index (χ3n) is 3.52. The summed E-state index contributed by atoms with van der Waals surface area (Å²) in [5.41, 5.74) is 0.802. The molecule has 0 radical (unpaired) electrons. The first-order chi connectivity index (χ1) is 12.2. The SMILES string of the molecule is Cc1ccc(C(=O)Nc2nc3ccc(Oc4ccccc4)cc3s2)o1. The lowest BCUT2D eigenvalue weighted by molar-refractivity contribution is 0.0995. The van der Waals surface area contributed by atoms with Gasteiger partial charge in [0.2, 0.25) is 0 Å². The number of hydrogen-bond donors (Lipinski definition) is 1. The summed E-state index contributed by atoms with van der Waals surface area (Å²) in [5.74, 6) is 2.14. The summed E-state index contributed by atoms with van der Waals surface area (Å²) in [6.07, 6.45) is 0. The Morgan fingerprint density at radius 1 is 1.08 bits per heavy atom. The Hall–Kier alpha value is -3.12. The Labute approximate surface area is 147 Å². The van der Waals surface area contributed by atoms with Crippen LogP contribution in [0.15, 0.2) is 65.1 Å². The molecule has 0 aliphatic rings. The van der Waals surface area contributed by atoms with E-state index in [4.69, 9.17) is 9.15 Å². The smallest absolute Gasteiger partial charge is 0.293 e. The van der Waals surface area contributed by atoms with Crippen molar-refractivity contribution < 1.29 is 13.9 Å². The average Bonchev–Trinajstić information content (AvgIpc) is 3.21. The number of carbonyl (C=O) groups is 1. The molecule has 0 spiro atoms. The van der Waals surface area contributed by atoms with Crippen LogP contribution in [0.25, 0.3) is 10.2 Å². The van der Waals surface area contributed by atoms with Crippen molar-refractivity contribution in [3.05, 3.63) is 72.2 Å². The highest BCUT2D eigenvalue weighted by molar-refractivity contribution is 7.22. The summed E-state index contributed by atoms with van der Waals surface area (Å²) in [7, 11) is 0. The van der Waals surface area contributed by atoms with E-state index >= 15 is 0 Å². The van der Waals surface area contributed by atoms with Crippen molar-refractivity contribution in [1.29, 1.82) is 0 Å². The molecule has 0 aliphatic heterocycles. The molecule has 0 saturated carbocycles. The van der Waals surface area contributed by atoms with E-state index in [1.54, 1.807) is 19.1 Å². The number of nitrogens with zero attached hydrogens (tertiary/aromatic N) is 1. The third kappa shape index (κ3) is 3.39. The minimum absolute atomic E-state index is 0.268. The van der Waals surface area contributed by atoms with Crippen LogP contribution in [0.4, 0.5) is 5.13 Å². The highest BCUT2D eigenvalue weighted by Crippen LogP contribution is 2.31. The summed E-state index contributed by atoms with van der Waals surface area (Å²) >= 11 is 1.39. The van der Waals surface area contributed by atoms with Crippen LogP contribution in [0.2, 0.25) is 0 Å². The number of rotatable bonds is 4. The Morgan fingerprint density at radius 2 is 1.92 bits per heavy atom. The number of amides is 1. The van der Waals surface area contributed by atoms with Gasteiger partial charge in [0.05, 0.1) is 10.2 Å². The fourth-order valence-electron chi connectivity index (χ4n) is 2.36. The number of hydrogen-bond acceptors (Lipinski definition) is 5. The highest BCUT2D eigenvalue weighted by Gasteiger charge is 2.13. The molecule has 0 atom stereocenters. The number of ether oxygens (including phenoxy) is 1. The first kappa shape index (κ1) is 15.4. The number of fused-ring (bicyclic) bond motifs is 1. The summed E-state index contributed by atoms with van der Waals surface area (Å²) in [5, 5.41) is 3.28. The lowest BCUT2D eigenvalue weighted by atomic mass is 10.3. The van der Waals surface area contributed by atoms with Crippen LogP contribution in [0, 0.1) is 6.92 Å². The zero-order valence-corrected chi connectivity index (χ0v) is 14.2. The molecule has 0 unspecified atom stereocenters. The van der Waals surface area contributed by atoms with Gasteiger partial charge in [0.15, 0.2) is 10.9 Å². The van der Waals surface area contributed by atoms with Crippen molar-refractivity contribution in [1.82, 2.24) is 4.98 Å². The maximum Gasteiger partial charge on any atom is 0.293 e. The molecule has 1 amide bonds. The van der Waals surface area contributed by atoms with E-state index in [-0.39, 0.29) is 11.7 Å². The van der Waals surface area contributed by atoms with E-state index in [1.807, 2.05) is 48.5 Å². The molecule has 2 aromatic heterocycles. The van der Waals surface area contributed by atoms with Crippen molar-refractivity contribution in [2.24, 2.45) is 0 Å². The van der Waals surface area contributed by atoms with Gasteiger partial charge in [-0.15, -0.1) is 0 Å². The van der Waals surface area contributed by atoms with Gasteiger partial charge in [0.25, 0.3) is 5.91 Å². The first-order valence-electron chi connectivity index (χ1n) is 7.69. The second-order valence-corrected chi connectivity index (χ2v) is 6.46. The van der Waals surface area contributed by atoms with Crippen molar-refractivity contribution in [3.63, 3.8) is 0 Å². The Kier molecular flexibility index (Phi) is 3.95. The Morgan fingerprint density at radius 3 is 2.68 bits per heavy atom. The molecule has 0 saturated heterocycles. The van der Waals surface area contributed by atoms with E-state index < -0.39 is 0 Å². The van der Waals surface area contributed by atoms with Gasteiger partial charge in [-0.05, 0) is 43.3 Å². The zero-order valence-electron chi connectivity index (χ0n) is 13.4. The molecule has 0 fully saturated rings. The van der Waals surface area contributed by atoms with Crippen LogP contribution >= 0.6 is 11.3 Å². The van der Waals surface area contributed by atoms with Crippen LogP contribution in [0.3, 0.4) is 0 Å². The largest absolute Gasteiger partial charge is 0.457 e. The standard InChI is InChI=1S/C19H14N2O3S/c1-12-7-10-16(23-12)18(22)21-19-20-15-9-8-14(11-17(15)25-19)24-13-5-3-2-4-6-13/h2-11H,1H3,(H,20,21,22). The van der Waals surface area contributed by atoms with Gasteiger partial charge in [-0.1, -0.05) is 29.5 Å². The maximum absolute atomic E-state index is 12.1. The van der Waals surface area contributed by atoms with Crippen LogP contribution in [0.5, 0.6) is 11.5 Å². The van der Waals surface area contributed by atoms with Gasteiger partial charge >= 0.3 is 0 Å². The van der Waals surface area contributed by atoms with E-state index in [0.717, 1.165) is 21.7 Å². The van der Waals surface area contributed by atoms with Crippen LogP contribution in [-0.4, -0.2) is 10.9 Å². The molecule has 0 aliphatic carbocycles. The second kappa shape index (κ2) is 6.41. The monoisotopic (exact) mass is 350 g/mol. The van der Waals surface area contributed by atoms with Crippen molar-refractivity contribution in [2.45, 2.75) is 6.92 Å². The quantitative estimate of drug-likeness (QED) is 0.546. The fourth-order valence-corrected chi connectivity index (χ4v) is 3.25. The molecule has 5 nitrogen and oxygen atoms in total. The fraction of sp³-hybridized carbons (Fsp3) is 0.0526. The molecule has 1 N–H and O–H groups in total. The topological polar surface area (TPSA) is 64.4 Å². The van der Waals surface area contributed by atoms with E-state index in [2.05, 4.69) is 10.3 Å². The lowest BCUT2D eigenvalue weighted by Gasteiger charge is -2.04. The minimum Gasteiger partial charge on any atom is -0.457 e. The highest BCUT2D eigenvalue weighted by atomic mass is 32.1. The molecule has 124 valence electrons. The molecular weight excluding hydrogens is 336 g/mol. The van der Waals surface area contributed by atoms with E-state index in [1.165, 1.54) is 11.3 Å². The van der Waals surface area contributed by atoms with Gasteiger partial charge in [0.1, 0.15) is 17.3 Å². The van der Waals surface area contributed by atoms with Crippen molar-refractivity contribution in [2.75, 3.05) is 5.32 Å². The van der Waals surface area contributed by atoms with Crippen LogP contribution < -0.4 is 10.1 Å². The summed E-state index contributed by atoms with van der Waals surface area (Å²) < 4.78 is 12.1. The average molecular weight is 350 g/mol. The number of benzene rings is 2. The Balaban J connectivity index is 1.55. The number of nitrogens with one attached hydrogen (secondary N) is 1. The third-order valence-corrected chi connectivity index (χ3v) is 4.46. The number of carbonyl (C=O) groups excluding carboxylic acids is 1. The zero-order chi connectivity index (χ0) is 17.2. The molecule has 2 aromatic carbocycles. The van der Waals surface area contributed by atoms with Gasteiger partial charge < -0.3 is 9.15 Å². The predicted octanol–water partition coefficient (Wildman–Crippen LogP) is 5.24. The van der Waals surface area contributed by atoms with Gasteiger partial charge in [-0.3, -0.25) is 10.1 Å². The second-order valence-electron chi connectivity index (χ2n) is 5.43.